The minimum absolute atomic E-state index is 0.111. The Hall–Kier alpha value is -1.40. The second kappa shape index (κ2) is 6.15. The monoisotopic (exact) mass is 365 g/mol. The molecule has 128 valence electrons. The van der Waals surface area contributed by atoms with Gasteiger partial charge in [-0.25, -0.2) is 8.42 Å². The van der Waals surface area contributed by atoms with E-state index >= 15 is 0 Å². The molecular formula is C18H20ClNO3S. The van der Waals surface area contributed by atoms with Crippen LogP contribution in [0.4, 0.5) is 0 Å². The fourth-order valence-electron chi connectivity index (χ4n) is 3.49. The van der Waals surface area contributed by atoms with Crippen LogP contribution in [0.2, 0.25) is 5.02 Å². The molecule has 0 spiro atoms. The highest BCUT2D eigenvalue weighted by atomic mass is 35.5. The number of benzene rings is 2. The van der Waals surface area contributed by atoms with E-state index in [1.54, 1.807) is 12.1 Å². The molecule has 2 aromatic rings. The van der Waals surface area contributed by atoms with Crippen molar-refractivity contribution in [3.05, 3.63) is 64.7 Å². The predicted octanol–water partition coefficient (Wildman–Crippen LogP) is 2.53. The van der Waals surface area contributed by atoms with Crippen molar-refractivity contribution in [1.82, 2.24) is 0 Å². The Kier molecular flexibility index (Phi) is 4.47. The lowest BCUT2D eigenvalue weighted by Crippen LogP contribution is -2.27. The molecule has 3 atom stereocenters. The molecule has 3 N–H and O–H groups in total. The van der Waals surface area contributed by atoms with Crippen molar-refractivity contribution in [1.29, 1.82) is 0 Å². The van der Waals surface area contributed by atoms with Crippen LogP contribution in [0.3, 0.4) is 0 Å². The third kappa shape index (κ3) is 2.65. The number of rotatable bonds is 5. The summed E-state index contributed by atoms with van der Waals surface area (Å²) in [7, 11) is -3.62. The Morgan fingerprint density at radius 2 is 1.71 bits per heavy atom. The zero-order valence-corrected chi connectivity index (χ0v) is 14.9. The molecule has 0 saturated heterocycles. The van der Waals surface area contributed by atoms with Gasteiger partial charge in [-0.3, -0.25) is 0 Å². The van der Waals surface area contributed by atoms with E-state index in [-0.39, 0.29) is 24.0 Å². The summed E-state index contributed by atoms with van der Waals surface area (Å²) in [6.45, 7) is 1.82. The first kappa shape index (κ1) is 17.4. The van der Waals surface area contributed by atoms with Gasteiger partial charge in [0.1, 0.15) is 0 Å². The smallest absolute Gasteiger partial charge is 0.182 e. The summed E-state index contributed by atoms with van der Waals surface area (Å²) in [5.41, 5.74) is 7.03. The largest absolute Gasteiger partial charge is 0.396 e. The van der Waals surface area contributed by atoms with Gasteiger partial charge in [0.2, 0.25) is 0 Å². The maximum absolute atomic E-state index is 13.1. The molecule has 0 heterocycles. The second-order valence-electron chi connectivity index (χ2n) is 6.40. The van der Waals surface area contributed by atoms with Gasteiger partial charge in [0, 0.05) is 22.9 Å². The molecule has 0 unspecified atom stereocenters. The van der Waals surface area contributed by atoms with Gasteiger partial charge in [-0.05, 0) is 36.8 Å². The molecule has 1 saturated carbocycles. The van der Waals surface area contributed by atoms with Crippen molar-refractivity contribution in [2.75, 3.05) is 13.2 Å². The highest BCUT2D eigenvalue weighted by molar-refractivity contribution is 7.92. The van der Waals surface area contributed by atoms with Crippen LogP contribution in [0.5, 0.6) is 0 Å². The van der Waals surface area contributed by atoms with Gasteiger partial charge in [0.05, 0.1) is 16.8 Å². The Bertz CT molecular complexity index is 828. The zero-order chi connectivity index (χ0) is 17.5. The molecule has 1 fully saturated rings. The minimum Gasteiger partial charge on any atom is -0.396 e. The number of halogens is 1. The van der Waals surface area contributed by atoms with Crippen molar-refractivity contribution >= 4 is 21.4 Å². The van der Waals surface area contributed by atoms with Crippen LogP contribution < -0.4 is 5.73 Å². The lowest BCUT2D eigenvalue weighted by atomic mass is 9.99. The van der Waals surface area contributed by atoms with E-state index in [0.717, 1.165) is 11.1 Å². The molecule has 1 aliphatic rings. The predicted molar refractivity (Wildman–Crippen MR) is 94.9 cm³/mol. The molecule has 0 amide bonds. The number of hydrogen-bond acceptors (Lipinski definition) is 4. The van der Waals surface area contributed by atoms with Crippen LogP contribution in [-0.4, -0.2) is 31.9 Å². The summed E-state index contributed by atoms with van der Waals surface area (Å²) in [4.78, 5) is 0.206. The molecule has 0 radical (unpaired) electrons. The molecule has 3 rings (SSSR count). The molecule has 6 heteroatoms. The van der Waals surface area contributed by atoms with Crippen LogP contribution in [0.25, 0.3) is 0 Å². The van der Waals surface area contributed by atoms with Gasteiger partial charge in [-0.15, -0.1) is 0 Å². The van der Waals surface area contributed by atoms with E-state index in [9.17, 15) is 13.5 Å². The molecule has 1 aliphatic carbocycles. The molecular weight excluding hydrogens is 346 g/mol. The van der Waals surface area contributed by atoms with E-state index < -0.39 is 20.5 Å². The molecule has 0 aliphatic heterocycles. The number of aryl methyl sites for hydroxylation is 1. The Morgan fingerprint density at radius 3 is 2.21 bits per heavy atom. The van der Waals surface area contributed by atoms with Crippen molar-refractivity contribution in [3.63, 3.8) is 0 Å². The summed E-state index contributed by atoms with van der Waals surface area (Å²) in [5.74, 6) is -0.311. The van der Waals surface area contributed by atoms with Crippen LogP contribution in [0.1, 0.15) is 17.0 Å². The van der Waals surface area contributed by atoms with E-state index in [2.05, 4.69) is 0 Å². The highest BCUT2D eigenvalue weighted by Gasteiger charge is 2.70. The quantitative estimate of drug-likeness (QED) is 0.853. The van der Waals surface area contributed by atoms with E-state index in [1.165, 1.54) is 12.1 Å². The SMILES string of the molecule is Cc1ccc([C@H]2[C@H](S(=O)(=O)c3ccc(Cl)cc3)[C@@]2(CN)CO)cc1. The number of nitrogens with two attached hydrogens (primary N) is 1. The van der Waals surface area contributed by atoms with Crippen molar-refractivity contribution in [2.45, 2.75) is 23.0 Å². The first-order valence-corrected chi connectivity index (χ1v) is 9.66. The van der Waals surface area contributed by atoms with Crippen LogP contribution in [-0.2, 0) is 9.84 Å². The first-order chi connectivity index (χ1) is 11.4. The molecule has 0 bridgehead atoms. The maximum Gasteiger partial charge on any atom is 0.182 e. The van der Waals surface area contributed by atoms with Gasteiger partial charge in [-0.1, -0.05) is 41.4 Å². The fourth-order valence-corrected chi connectivity index (χ4v) is 6.07. The van der Waals surface area contributed by atoms with Crippen molar-refractivity contribution < 1.29 is 13.5 Å². The average molecular weight is 366 g/mol. The Morgan fingerprint density at radius 1 is 1.12 bits per heavy atom. The van der Waals surface area contributed by atoms with Crippen LogP contribution in [0.15, 0.2) is 53.4 Å². The third-order valence-corrected chi connectivity index (χ3v) is 7.56. The maximum atomic E-state index is 13.1. The topological polar surface area (TPSA) is 80.4 Å². The van der Waals surface area contributed by atoms with Gasteiger partial charge < -0.3 is 10.8 Å². The Balaban J connectivity index is 2.04. The summed E-state index contributed by atoms with van der Waals surface area (Å²) >= 11 is 5.85. The first-order valence-electron chi connectivity index (χ1n) is 7.74. The standard InChI is InChI=1S/C18H20ClNO3S/c1-12-2-4-13(5-3-12)16-17(18(16,10-20)11-21)24(22,23)15-8-6-14(19)7-9-15/h2-9,16-17,21H,10-11,20H2,1H3/t16-,17-,18-/m0/s1. The van der Waals surface area contributed by atoms with Gasteiger partial charge >= 0.3 is 0 Å². The molecule has 4 nitrogen and oxygen atoms in total. The van der Waals surface area contributed by atoms with E-state index in [4.69, 9.17) is 17.3 Å². The van der Waals surface area contributed by atoms with Gasteiger partial charge in [-0.2, -0.15) is 0 Å². The molecule has 0 aromatic heterocycles. The third-order valence-electron chi connectivity index (χ3n) is 4.97. The number of aliphatic hydroxyl groups excluding tert-OH is 1. The minimum atomic E-state index is -3.62. The lowest BCUT2D eigenvalue weighted by Gasteiger charge is -2.12. The average Bonchev–Trinajstić information content (AvgIpc) is 3.26. The van der Waals surface area contributed by atoms with E-state index in [1.807, 2.05) is 31.2 Å². The zero-order valence-electron chi connectivity index (χ0n) is 13.3. The number of aliphatic hydroxyl groups is 1. The molecule has 2 aromatic carbocycles. The second-order valence-corrected chi connectivity index (χ2v) is 8.91. The number of hydrogen-bond donors (Lipinski definition) is 2. The van der Waals surface area contributed by atoms with Crippen LogP contribution in [0, 0.1) is 12.3 Å². The number of sulfone groups is 1. The summed E-state index contributed by atoms with van der Waals surface area (Å²) in [5, 5.41) is 9.65. The van der Waals surface area contributed by atoms with E-state index in [0.29, 0.717) is 5.02 Å². The van der Waals surface area contributed by atoms with Gasteiger partial charge in [0.15, 0.2) is 9.84 Å². The van der Waals surface area contributed by atoms with Gasteiger partial charge in [0.25, 0.3) is 0 Å². The Labute approximate surface area is 147 Å². The van der Waals surface area contributed by atoms with Crippen molar-refractivity contribution in [3.8, 4) is 0 Å². The summed E-state index contributed by atoms with van der Waals surface area (Å²) in [6.07, 6.45) is 0. The lowest BCUT2D eigenvalue weighted by molar-refractivity contribution is 0.212. The highest BCUT2D eigenvalue weighted by Crippen LogP contribution is 2.63. The summed E-state index contributed by atoms with van der Waals surface area (Å²) in [6, 6.07) is 13.8. The normalized spacial score (nSPS) is 26.3. The van der Waals surface area contributed by atoms with Crippen LogP contribution >= 0.6 is 11.6 Å². The summed E-state index contributed by atoms with van der Waals surface area (Å²) < 4.78 is 26.2. The fraction of sp³-hybridized carbons (Fsp3) is 0.333. The van der Waals surface area contributed by atoms with Crippen molar-refractivity contribution in [2.24, 2.45) is 11.1 Å². The molecule has 24 heavy (non-hydrogen) atoms.